The van der Waals surface area contributed by atoms with Crippen molar-refractivity contribution in [1.29, 1.82) is 0 Å². The van der Waals surface area contributed by atoms with E-state index in [1.165, 1.54) is 4.90 Å². The third-order valence-electron chi connectivity index (χ3n) is 2.83. The van der Waals surface area contributed by atoms with E-state index in [1.807, 2.05) is 13.8 Å². The van der Waals surface area contributed by atoms with Gasteiger partial charge in [-0.1, -0.05) is 13.8 Å². The fraction of sp³-hybridized carbons (Fsp3) is 0.769. The van der Waals surface area contributed by atoms with Crippen LogP contribution in [0.15, 0.2) is 0 Å². The summed E-state index contributed by atoms with van der Waals surface area (Å²) in [5.74, 6) is -1.23. The molecule has 1 atom stereocenters. The zero-order chi connectivity index (χ0) is 15.7. The van der Waals surface area contributed by atoms with E-state index in [9.17, 15) is 14.4 Å². The summed E-state index contributed by atoms with van der Waals surface area (Å²) in [6, 6.07) is -0.398. The van der Waals surface area contributed by atoms with Gasteiger partial charge in [0.05, 0.1) is 0 Å². The number of urea groups is 1. The van der Waals surface area contributed by atoms with Gasteiger partial charge in [-0.3, -0.25) is 9.59 Å². The van der Waals surface area contributed by atoms with Gasteiger partial charge in [-0.05, 0) is 25.2 Å². The van der Waals surface area contributed by atoms with E-state index in [0.29, 0.717) is 18.9 Å². The Labute approximate surface area is 119 Å². The smallest absolute Gasteiger partial charge is 0.317 e. The second-order valence-electron chi connectivity index (χ2n) is 5.26. The molecule has 0 rings (SSSR count). The molecule has 0 heterocycles. The van der Waals surface area contributed by atoms with E-state index in [-0.39, 0.29) is 25.4 Å². The largest absolute Gasteiger partial charge is 0.481 e. The molecule has 0 unspecified atom stereocenters. The maximum absolute atomic E-state index is 11.8. The van der Waals surface area contributed by atoms with Crippen LogP contribution in [0.3, 0.4) is 0 Å². The number of hydrogen-bond donors (Lipinski definition) is 3. The number of carboxylic acid groups (broad SMARTS) is 1. The van der Waals surface area contributed by atoms with Crippen molar-refractivity contribution in [3.63, 3.8) is 0 Å². The van der Waals surface area contributed by atoms with Crippen molar-refractivity contribution in [2.75, 3.05) is 19.6 Å². The van der Waals surface area contributed by atoms with Crippen LogP contribution in [-0.2, 0) is 9.59 Å². The van der Waals surface area contributed by atoms with Gasteiger partial charge in [0.25, 0.3) is 0 Å². The van der Waals surface area contributed by atoms with E-state index < -0.39 is 17.9 Å². The Kier molecular flexibility index (Phi) is 8.35. The highest BCUT2D eigenvalue weighted by Crippen LogP contribution is 2.14. The topological polar surface area (TPSA) is 113 Å². The van der Waals surface area contributed by atoms with Crippen LogP contribution >= 0.6 is 0 Å². The maximum Gasteiger partial charge on any atom is 0.317 e. The number of aliphatic carboxylic acids is 1. The Bertz CT molecular complexity index is 345. The lowest BCUT2D eigenvalue weighted by Gasteiger charge is -2.22. The molecular weight excluding hydrogens is 262 g/mol. The summed E-state index contributed by atoms with van der Waals surface area (Å²) in [4.78, 5) is 34.7. The summed E-state index contributed by atoms with van der Waals surface area (Å²) >= 11 is 0. The van der Waals surface area contributed by atoms with E-state index in [1.54, 1.807) is 6.92 Å². The predicted octanol–water partition coefficient (Wildman–Crippen LogP) is 0.640. The highest BCUT2D eigenvalue weighted by molar-refractivity contribution is 5.82. The molecule has 0 bridgehead atoms. The zero-order valence-corrected chi connectivity index (χ0v) is 12.4. The van der Waals surface area contributed by atoms with Crippen molar-refractivity contribution >= 4 is 17.9 Å². The number of likely N-dealkylation sites (N-methyl/N-ethyl adjacent to an activating group) is 1. The highest BCUT2D eigenvalue weighted by atomic mass is 16.4. The van der Waals surface area contributed by atoms with E-state index >= 15 is 0 Å². The van der Waals surface area contributed by atoms with Crippen molar-refractivity contribution in [2.45, 2.75) is 33.6 Å². The van der Waals surface area contributed by atoms with Gasteiger partial charge in [0.1, 0.15) is 6.54 Å². The number of hydrogen-bond acceptors (Lipinski definition) is 3. The molecule has 0 aliphatic rings. The number of nitrogens with two attached hydrogens (primary N) is 1. The standard InChI is InChI=1S/C13H25N3O4/c1-4-16(8-11(14)17)13(20)15-7-10(5-9(2)3)6-12(18)19/h9-10H,4-8H2,1-3H3,(H2,14,17)(H,15,20)(H,18,19)/t10-/m0/s1. The first-order valence-electron chi connectivity index (χ1n) is 6.79. The van der Waals surface area contributed by atoms with Crippen LogP contribution in [-0.4, -0.2) is 47.5 Å². The number of carboxylic acids is 1. The Morgan fingerprint density at radius 1 is 1.30 bits per heavy atom. The van der Waals surface area contributed by atoms with Crippen molar-refractivity contribution in [3.05, 3.63) is 0 Å². The maximum atomic E-state index is 11.8. The van der Waals surface area contributed by atoms with Gasteiger partial charge in [0.2, 0.25) is 5.91 Å². The van der Waals surface area contributed by atoms with E-state index in [4.69, 9.17) is 10.8 Å². The molecule has 0 saturated carbocycles. The average molecular weight is 287 g/mol. The van der Waals surface area contributed by atoms with Gasteiger partial charge in [0.15, 0.2) is 0 Å². The number of nitrogens with zero attached hydrogens (tertiary/aromatic N) is 1. The second-order valence-corrected chi connectivity index (χ2v) is 5.26. The molecular formula is C13H25N3O4. The van der Waals surface area contributed by atoms with Crippen molar-refractivity contribution < 1.29 is 19.5 Å². The van der Waals surface area contributed by atoms with Gasteiger partial charge < -0.3 is 21.1 Å². The lowest BCUT2D eigenvalue weighted by Crippen LogP contribution is -2.45. The molecule has 0 spiro atoms. The van der Waals surface area contributed by atoms with Crippen molar-refractivity contribution in [2.24, 2.45) is 17.6 Å². The Balaban J connectivity index is 4.39. The molecule has 0 aliphatic carbocycles. The summed E-state index contributed by atoms with van der Waals surface area (Å²) < 4.78 is 0. The van der Waals surface area contributed by atoms with Crippen LogP contribution in [0.2, 0.25) is 0 Å². The minimum absolute atomic E-state index is 0.0143. The van der Waals surface area contributed by atoms with E-state index in [0.717, 1.165) is 0 Å². The van der Waals surface area contributed by atoms with Crippen molar-refractivity contribution in [1.82, 2.24) is 10.2 Å². The van der Waals surface area contributed by atoms with Gasteiger partial charge >= 0.3 is 12.0 Å². The summed E-state index contributed by atoms with van der Waals surface area (Å²) in [5.41, 5.74) is 5.06. The first-order chi connectivity index (χ1) is 9.26. The minimum atomic E-state index is -0.880. The molecule has 0 aromatic heterocycles. The van der Waals surface area contributed by atoms with Crippen LogP contribution in [0.5, 0.6) is 0 Å². The fourth-order valence-electron chi connectivity index (χ4n) is 2.01. The van der Waals surface area contributed by atoms with Gasteiger partial charge in [-0.2, -0.15) is 0 Å². The number of carbonyl (C=O) groups is 3. The highest BCUT2D eigenvalue weighted by Gasteiger charge is 2.18. The molecule has 0 aliphatic heterocycles. The van der Waals surface area contributed by atoms with Crippen LogP contribution in [0.1, 0.15) is 33.6 Å². The molecule has 0 aromatic carbocycles. The first kappa shape index (κ1) is 18.2. The second kappa shape index (κ2) is 9.17. The Hall–Kier alpha value is -1.79. The Morgan fingerprint density at radius 2 is 1.90 bits per heavy atom. The molecule has 0 aromatic rings. The minimum Gasteiger partial charge on any atom is -0.481 e. The molecule has 0 saturated heterocycles. The fourth-order valence-corrected chi connectivity index (χ4v) is 2.01. The van der Waals surface area contributed by atoms with Crippen LogP contribution < -0.4 is 11.1 Å². The number of nitrogens with one attached hydrogen (secondary N) is 1. The molecule has 7 heteroatoms. The SMILES string of the molecule is CCN(CC(N)=O)C(=O)NC[C@H](CC(=O)O)CC(C)C. The molecule has 3 amide bonds. The summed E-state index contributed by atoms with van der Waals surface area (Å²) in [6.45, 7) is 6.24. The van der Waals surface area contributed by atoms with Gasteiger partial charge in [-0.25, -0.2) is 4.79 Å². The normalized spacial score (nSPS) is 12.0. The molecule has 0 radical (unpaired) electrons. The van der Waals surface area contributed by atoms with Crippen LogP contribution in [0, 0.1) is 11.8 Å². The van der Waals surface area contributed by atoms with Crippen LogP contribution in [0.4, 0.5) is 4.79 Å². The molecule has 116 valence electrons. The zero-order valence-electron chi connectivity index (χ0n) is 12.4. The number of primary amides is 1. The summed E-state index contributed by atoms with van der Waals surface area (Å²) in [6.07, 6.45) is 0.731. The lowest BCUT2D eigenvalue weighted by molar-refractivity contribution is -0.138. The Morgan fingerprint density at radius 3 is 2.30 bits per heavy atom. The monoisotopic (exact) mass is 287 g/mol. The third kappa shape index (κ3) is 8.34. The average Bonchev–Trinajstić information content (AvgIpc) is 2.30. The predicted molar refractivity (Wildman–Crippen MR) is 75.0 cm³/mol. The molecule has 20 heavy (non-hydrogen) atoms. The number of amides is 3. The third-order valence-corrected chi connectivity index (χ3v) is 2.83. The molecule has 7 nitrogen and oxygen atoms in total. The lowest BCUT2D eigenvalue weighted by atomic mass is 9.94. The van der Waals surface area contributed by atoms with E-state index in [2.05, 4.69) is 5.32 Å². The van der Waals surface area contributed by atoms with Crippen LogP contribution in [0.25, 0.3) is 0 Å². The summed E-state index contributed by atoms with van der Waals surface area (Å²) in [7, 11) is 0. The molecule has 0 fully saturated rings. The van der Waals surface area contributed by atoms with Crippen molar-refractivity contribution in [3.8, 4) is 0 Å². The number of rotatable bonds is 9. The quantitative estimate of drug-likeness (QED) is 0.577. The first-order valence-corrected chi connectivity index (χ1v) is 6.79. The van der Waals surface area contributed by atoms with Gasteiger partial charge in [-0.15, -0.1) is 0 Å². The van der Waals surface area contributed by atoms with Gasteiger partial charge in [0, 0.05) is 19.5 Å². The summed E-state index contributed by atoms with van der Waals surface area (Å²) in [5, 5.41) is 11.5. The number of carbonyl (C=O) groups excluding carboxylic acids is 2. The molecule has 4 N–H and O–H groups in total.